The van der Waals surface area contributed by atoms with Crippen LogP contribution in [0.15, 0.2) is 34.8 Å². The Kier molecular flexibility index (Phi) is 4.23. The van der Waals surface area contributed by atoms with E-state index in [-0.39, 0.29) is 0 Å². The molecule has 1 heteroatoms. The van der Waals surface area contributed by atoms with Gasteiger partial charge in [0, 0.05) is 4.47 Å². The van der Waals surface area contributed by atoms with E-state index in [1.807, 2.05) is 0 Å². The maximum absolute atomic E-state index is 3.41. The maximum atomic E-state index is 3.41. The molecule has 13 heavy (non-hydrogen) atoms. The van der Waals surface area contributed by atoms with E-state index in [4.69, 9.17) is 0 Å². The minimum absolute atomic E-state index is 0.742. The van der Waals surface area contributed by atoms with Gasteiger partial charge in [0.05, 0.1) is 0 Å². The highest BCUT2D eigenvalue weighted by molar-refractivity contribution is 9.10. The smallest absolute Gasteiger partial charge is 0.0175 e. The predicted octanol–water partition coefficient (Wildman–Crippen LogP) is 4.51. The second-order valence-corrected chi connectivity index (χ2v) is 4.50. The third-order valence-corrected chi connectivity index (χ3v) is 2.32. The summed E-state index contributed by atoms with van der Waals surface area (Å²) in [6.07, 6.45) is 5.55. The van der Waals surface area contributed by atoms with E-state index in [1.54, 1.807) is 0 Å². The normalized spacial score (nSPS) is 11.4. The zero-order valence-corrected chi connectivity index (χ0v) is 9.71. The van der Waals surface area contributed by atoms with Crippen molar-refractivity contribution in [2.24, 2.45) is 5.92 Å². The number of rotatable bonds is 3. The topological polar surface area (TPSA) is 0 Å². The van der Waals surface area contributed by atoms with Crippen molar-refractivity contribution in [2.75, 3.05) is 0 Å². The quantitative estimate of drug-likeness (QED) is 0.728. The molecule has 0 atom stereocenters. The van der Waals surface area contributed by atoms with Gasteiger partial charge in [0.25, 0.3) is 0 Å². The second-order valence-electron chi connectivity index (χ2n) is 3.58. The second kappa shape index (κ2) is 5.23. The van der Waals surface area contributed by atoms with Crippen LogP contribution in [0.5, 0.6) is 0 Å². The Labute approximate surface area is 88.8 Å². The molecule has 1 aromatic rings. The van der Waals surface area contributed by atoms with E-state index in [2.05, 4.69) is 66.2 Å². The molecule has 0 unspecified atom stereocenters. The molecule has 0 saturated heterocycles. The van der Waals surface area contributed by atoms with Gasteiger partial charge in [-0.2, -0.15) is 0 Å². The van der Waals surface area contributed by atoms with E-state index in [0.717, 1.165) is 16.8 Å². The van der Waals surface area contributed by atoms with E-state index in [1.165, 1.54) is 5.56 Å². The van der Waals surface area contributed by atoms with Crippen molar-refractivity contribution >= 4 is 22.0 Å². The van der Waals surface area contributed by atoms with Gasteiger partial charge in [0.1, 0.15) is 0 Å². The number of hydrogen-bond donors (Lipinski definition) is 0. The molecule has 0 bridgehead atoms. The van der Waals surface area contributed by atoms with Gasteiger partial charge in [0.2, 0.25) is 0 Å². The average Bonchev–Trinajstić information content (AvgIpc) is 2.08. The van der Waals surface area contributed by atoms with Crippen LogP contribution in [-0.2, 0) is 0 Å². The highest BCUT2D eigenvalue weighted by Crippen LogP contribution is 2.12. The fourth-order valence-electron chi connectivity index (χ4n) is 1.05. The van der Waals surface area contributed by atoms with Crippen LogP contribution in [0.4, 0.5) is 0 Å². The van der Waals surface area contributed by atoms with E-state index in [9.17, 15) is 0 Å². The molecule has 0 aromatic heterocycles. The van der Waals surface area contributed by atoms with Crippen molar-refractivity contribution in [1.82, 2.24) is 0 Å². The third kappa shape index (κ3) is 4.28. The first kappa shape index (κ1) is 10.5. The molecule has 1 aromatic carbocycles. The lowest BCUT2D eigenvalue weighted by molar-refractivity contribution is 0.665. The van der Waals surface area contributed by atoms with Crippen molar-refractivity contribution < 1.29 is 0 Å². The van der Waals surface area contributed by atoms with Crippen LogP contribution in [0.1, 0.15) is 25.8 Å². The average molecular weight is 239 g/mol. The monoisotopic (exact) mass is 238 g/mol. The summed E-state index contributed by atoms with van der Waals surface area (Å²) in [6.45, 7) is 4.46. The highest BCUT2D eigenvalue weighted by atomic mass is 79.9. The SMILES string of the molecule is CC(C)C/C=C/c1ccc(Br)cc1. The predicted molar refractivity (Wildman–Crippen MR) is 62.6 cm³/mol. The Morgan fingerprint density at radius 3 is 2.38 bits per heavy atom. The van der Waals surface area contributed by atoms with Gasteiger partial charge in [-0.25, -0.2) is 0 Å². The molecule has 0 amide bonds. The summed E-state index contributed by atoms with van der Waals surface area (Å²) in [5.41, 5.74) is 1.27. The van der Waals surface area contributed by atoms with Gasteiger partial charge in [-0.15, -0.1) is 0 Å². The Morgan fingerprint density at radius 1 is 1.23 bits per heavy atom. The molecule has 0 N–H and O–H groups in total. The van der Waals surface area contributed by atoms with Gasteiger partial charge in [-0.3, -0.25) is 0 Å². The van der Waals surface area contributed by atoms with Crippen molar-refractivity contribution in [3.63, 3.8) is 0 Å². The number of allylic oxidation sites excluding steroid dienone is 1. The molecule has 0 spiro atoms. The molecule has 0 saturated carbocycles. The third-order valence-electron chi connectivity index (χ3n) is 1.79. The highest BCUT2D eigenvalue weighted by Gasteiger charge is 1.89. The summed E-state index contributed by atoms with van der Waals surface area (Å²) in [7, 11) is 0. The number of hydrogen-bond acceptors (Lipinski definition) is 0. The van der Waals surface area contributed by atoms with E-state index >= 15 is 0 Å². The van der Waals surface area contributed by atoms with Crippen LogP contribution in [0.2, 0.25) is 0 Å². The summed E-state index contributed by atoms with van der Waals surface area (Å²) in [6, 6.07) is 8.35. The van der Waals surface area contributed by atoms with Gasteiger partial charge in [-0.1, -0.05) is 54.1 Å². The molecule has 1 rings (SSSR count). The van der Waals surface area contributed by atoms with Crippen LogP contribution in [0.3, 0.4) is 0 Å². The Bertz CT molecular complexity index is 270. The molecule has 70 valence electrons. The Morgan fingerprint density at radius 2 is 1.85 bits per heavy atom. The van der Waals surface area contributed by atoms with Crippen molar-refractivity contribution in [1.29, 1.82) is 0 Å². The lowest BCUT2D eigenvalue weighted by atomic mass is 10.1. The van der Waals surface area contributed by atoms with Crippen LogP contribution in [0, 0.1) is 5.92 Å². The molecule has 0 aliphatic rings. The van der Waals surface area contributed by atoms with Gasteiger partial charge in [-0.05, 0) is 30.0 Å². The molecule has 0 heterocycles. The summed E-state index contributed by atoms with van der Waals surface area (Å²) < 4.78 is 1.13. The van der Waals surface area contributed by atoms with Crippen molar-refractivity contribution in [3.8, 4) is 0 Å². The van der Waals surface area contributed by atoms with Crippen LogP contribution >= 0.6 is 15.9 Å². The standard InChI is InChI=1S/C12H15Br/c1-10(2)4-3-5-11-6-8-12(13)9-7-11/h3,5-10H,4H2,1-2H3/b5-3+. The van der Waals surface area contributed by atoms with Crippen molar-refractivity contribution in [3.05, 3.63) is 40.4 Å². The van der Waals surface area contributed by atoms with Gasteiger partial charge >= 0.3 is 0 Å². The molecule has 0 radical (unpaired) electrons. The first-order valence-electron chi connectivity index (χ1n) is 4.60. The fourth-order valence-corrected chi connectivity index (χ4v) is 1.31. The van der Waals surface area contributed by atoms with E-state index in [0.29, 0.717) is 0 Å². The molecule has 0 fully saturated rings. The molecule has 0 aliphatic carbocycles. The maximum Gasteiger partial charge on any atom is 0.0175 e. The van der Waals surface area contributed by atoms with Gasteiger partial charge in [0.15, 0.2) is 0 Å². The molecule has 0 nitrogen and oxygen atoms in total. The number of halogens is 1. The lowest BCUT2D eigenvalue weighted by Gasteiger charge is -1.97. The van der Waals surface area contributed by atoms with Gasteiger partial charge < -0.3 is 0 Å². The molecular weight excluding hydrogens is 224 g/mol. The zero-order chi connectivity index (χ0) is 9.68. The minimum Gasteiger partial charge on any atom is -0.0837 e. The van der Waals surface area contributed by atoms with Crippen LogP contribution < -0.4 is 0 Å². The lowest BCUT2D eigenvalue weighted by Crippen LogP contribution is -1.81. The summed E-state index contributed by atoms with van der Waals surface area (Å²) >= 11 is 3.41. The Balaban J connectivity index is 2.54. The summed E-state index contributed by atoms with van der Waals surface area (Å²) in [5.74, 6) is 0.742. The minimum atomic E-state index is 0.742. The van der Waals surface area contributed by atoms with Crippen LogP contribution in [0.25, 0.3) is 6.08 Å². The van der Waals surface area contributed by atoms with E-state index < -0.39 is 0 Å². The molecular formula is C12H15Br. The van der Waals surface area contributed by atoms with Crippen molar-refractivity contribution in [2.45, 2.75) is 20.3 Å². The van der Waals surface area contributed by atoms with Crippen LogP contribution in [-0.4, -0.2) is 0 Å². The first-order chi connectivity index (χ1) is 6.18. The molecule has 0 aliphatic heterocycles. The Hall–Kier alpha value is -0.560. The summed E-state index contributed by atoms with van der Waals surface area (Å²) in [5, 5.41) is 0. The first-order valence-corrected chi connectivity index (χ1v) is 5.40. The zero-order valence-electron chi connectivity index (χ0n) is 8.13. The fraction of sp³-hybridized carbons (Fsp3) is 0.333. The largest absolute Gasteiger partial charge is 0.0837 e. The number of benzene rings is 1. The summed E-state index contributed by atoms with van der Waals surface area (Å²) in [4.78, 5) is 0.